The molecule has 5 aliphatic heterocycles. The number of H-pyrrole nitrogens is 1. The predicted octanol–water partition coefficient (Wildman–Crippen LogP) is 19.6. The molecular formula is C91H76F7I5N12O19. The number of hydroxylamine groups is 1. The SMILES string of the molecule is CCN(CC)CCN1CCCc2[nH]c(/C=C3\C(=O)Nc4ccc(F)c(-c5cccc(F)c5F)c43)c(C)c2C1=O.Cc1c(I)cccc1[N+](=O)[O-].Cc1c(N)cccc1[N+](=O)[O-].O=C(O)C(=O)Cc1c(I)cccc1[N+](=O)[O-].O=C(O)Cc1c(I)cccc1[N+](=O)[O-].O=C1Cc2c(I)cccc2N1O.O=C1Cc2c(ccc(F)c2-c2cccc(F)c2F)N1.O=C1Cc2c(ccc(F)c2I)N1. The molecule has 0 spiro atoms. The van der Waals surface area contributed by atoms with Crippen molar-refractivity contribution in [3.05, 3.63) is 330 Å². The van der Waals surface area contributed by atoms with Gasteiger partial charge in [0.05, 0.1) is 83.3 Å². The molecule has 0 atom stereocenters. The second-order valence-electron chi connectivity index (χ2n) is 29.3. The number of amides is 5. The molecule has 0 aliphatic carbocycles. The number of aryl methyl sites for hydroxylation is 1. The lowest BCUT2D eigenvalue weighted by Crippen LogP contribution is -2.38. The summed E-state index contributed by atoms with van der Waals surface area (Å²) >= 11 is 9.86. The van der Waals surface area contributed by atoms with E-state index in [1.54, 1.807) is 62.4 Å². The number of benzene rings is 10. The van der Waals surface area contributed by atoms with Crippen LogP contribution in [0.5, 0.6) is 0 Å². The Labute approximate surface area is 825 Å². The molecule has 16 rings (SSSR count). The lowest BCUT2D eigenvalue weighted by Gasteiger charge is -2.25. The van der Waals surface area contributed by atoms with Crippen molar-refractivity contribution in [2.75, 3.05) is 59.5 Å². The third kappa shape index (κ3) is 25.8. The number of rotatable bonds is 17. The number of carbonyl (C=O) groups is 8. The van der Waals surface area contributed by atoms with E-state index in [2.05, 4.69) is 84.9 Å². The first-order valence-corrected chi connectivity index (χ1v) is 45.2. The number of nitrogens with one attached hydrogen (secondary N) is 4. The Morgan fingerprint density at radius 1 is 0.507 bits per heavy atom. The fourth-order valence-corrected chi connectivity index (χ4v) is 17.3. The first-order valence-electron chi connectivity index (χ1n) is 39.8. The molecule has 6 heterocycles. The molecule has 698 valence electrons. The van der Waals surface area contributed by atoms with Crippen molar-refractivity contribution in [1.82, 2.24) is 14.8 Å². The second kappa shape index (κ2) is 47.5. The molecule has 43 heteroatoms. The number of anilines is 5. The Kier molecular flexibility index (Phi) is 37.4. The van der Waals surface area contributed by atoms with Crippen LogP contribution in [0.4, 0.5) is 81.9 Å². The van der Waals surface area contributed by atoms with E-state index < -0.39 is 79.7 Å². The number of nitro benzene ring substituents is 4. The summed E-state index contributed by atoms with van der Waals surface area (Å²) in [5, 5.41) is 76.8. The Morgan fingerprint density at radius 2 is 0.978 bits per heavy atom. The quantitative estimate of drug-likeness (QED) is 0.00613. The van der Waals surface area contributed by atoms with Crippen LogP contribution in [0.25, 0.3) is 33.9 Å². The summed E-state index contributed by atoms with van der Waals surface area (Å²) in [6.07, 6.45) is 2.81. The van der Waals surface area contributed by atoms with Gasteiger partial charge in [0.15, 0.2) is 23.3 Å². The van der Waals surface area contributed by atoms with Gasteiger partial charge in [0.25, 0.3) is 40.5 Å². The lowest BCUT2D eigenvalue weighted by molar-refractivity contribution is -0.385. The van der Waals surface area contributed by atoms with E-state index in [9.17, 15) is 110 Å². The van der Waals surface area contributed by atoms with Crippen LogP contribution in [-0.2, 0) is 72.1 Å². The summed E-state index contributed by atoms with van der Waals surface area (Å²) in [4.78, 5) is 139. The van der Waals surface area contributed by atoms with Crippen molar-refractivity contribution in [3.8, 4) is 22.3 Å². The number of hydrogen-bond acceptors (Lipinski definition) is 19. The predicted molar refractivity (Wildman–Crippen MR) is 526 cm³/mol. The number of aromatic nitrogens is 1. The van der Waals surface area contributed by atoms with Gasteiger partial charge in [-0.1, -0.05) is 68.4 Å². The first kappa shape index (κ1) is 105. The highest BCUT2D eigenvalue weighted by atomic mass is 127. The number of Topliss-reactive ketones (excluding diaryl/α,β-unsaturated/α-hetero) is 1. The first-order chi connectivity index (χ1) is 63.4. The summed E-state index contributed by atoms with van der Waals surface area (Å²) in [7, 11) is 0. The Morgan fingerprint density at radius 3 is 1.50 bits per heavy atom. The molecule has 0 fully saturated rings. The van der Waals surface area contributed by atoms with Crippen LogP contribution >= 0.6 is 113 Å². The number of nitrogen functional groups attached to an aromatic ring is 1. The Balaban J connectivity index is 0.000000182. The molecule has 0 unspecified atom stereocenters. The van der Waals surface area contributed by atoms with Gasteiger partial charge in [0.1, 0.15) is 17.5 Å². The molecule has 5 amide bonds. The molecule has 11 aromatic rings. The van der Waals surface area contributed by atoms with E-state index in [0.29, 0.717) is 93.8 Å². The zero-order valence-electron chi connectivity index (χ0n) is 70.8. The maximum Gasteiger partial charge on any atom is 0.372 e. The number of fused-ring (bicyclic) bond motifs is 5. The van der Waals surface area contributed by atoms with Crippen molar-refractivity contribution in [3.63, 3.8) is 0 Å². The number of aliphatic carboxylic acids is 2. The number of hydrogen-bond donors (Lipinski definition) is 8. The van der Waals surface area contributed by atoms with E-state index in [-0.39, 0.29) is 114 Å². The zero-order valence-corrected chi connectivity index (χ0v) is 81.6. The summed E-state index contributed by atoms with van der Waals surface area (Å²) in [6, 6.07) is 39.1. The van der Waals surface area contributed by atoms with Gasteiger partial charge in [0, 0.05) is 142 Å². The Hall–Kier alpha value is -12.3. The highest BCUT2D eigenvalue weighted by molar-refractivity contribution is 14.1. The highest BCUT2D eigenvalue weighted by Crippen LogP contribution is 2.45. The molecule has 10 aromatic carbocycles. The van der Waals surface area contributed by atoms with Crippen LogP contribution in [0, 0.1) is 120 Å². The van der Waals surface area contributed by atoms with E-state index in [0.717, 1.165) is 90.6 Å². The average molecular weight is 2410 g/mol. The number of halogens is 12. The third-order valence-corrected chi connectivity index (χ3v) is 26.3. The molecular weight excluding hydrogens is 2330 g/mol. The summed E-state index contributed by atoms with van der Waals surface area (Å²) in [5.41, 5.74) is 13.8. The number of nitro groups is 4. The normalized spacial score (nSPS) is 13.0. The summed E-state index contributed by atoms with van der Waals surface area (Å²) in [6.45, 7) is 13.3. The largest absolute Gasteiger partial charge is 0.481 e. The number of carbonyl (C=O) groups excluding carboxylic acids is 6. The highest BCUT2D eigenvalue weighted by Gasteiger charge is 2.35. The molecule has 0 saturated carbocycles. The molecule has 1 aromatic heterocycles. The minimum atomic E-state index is -1.59. The number of carboxylic acids is 2. The van der Waals surface area contributed by atoms with Crippen LogP contribution in [0.1, 0.15) is 92.1 Å². The maximum absolute atomic E-state index is 15.1. The fourth-order valence-electron chi connectivity index (χ4n) is 14.1. The van der Waals surface area contributed by atoms with Crippen LogP contribution in [-0.4, -0.2) is 130 Å². The number of carboxylic acid groups (broad SMARTS) is 2. The zero-order chi connectivity index (χ0) is 98.7. The maximum atomic E-state index is 15.1. The topological polar surface area (TPSA) is 457 Å². The van der Waals surface area contributed by atoms with Gasteiger partial charge in [-0.05, 0) is 262 Å². The third-order valence-electron chi connectivity index (χ3n) is 21.0. The molecule has 9 N–H and O–H groups in total. The van der Waals surface area contributed by atoms with E-state index in [1.165, 1.54) is 78.9 Å². The molecule has 0 saturated heterocycles. The van der Waals surface area contributed by atoms with E-state index >= 15 is 4.39 Å². The van der Waals surface area contributed by atoms with Crippen molar-refractivity contribution >= 4 is 223 Å². The van der Waals surface area contributed by atoms with Crippen LogP contribution < -0.4 is 26.7 Å². The molecule has 134 heavy (non-hydrogen) atoms. The minimum absolute atomic E-state index is 0.0433. The van der Waals surface area contributed by atoms with Crippen molar-refractivity contribution in [1.29, 1.82) is 0 Å². The number of nitrogens with zero attached hydrogens (tertiary/aromatic N) is 7. The van der Waals surface area contributed by atoms with Gasteiger partial charge in [-0.3, -0.25) is 79.2 Å². The average Bonchev–Trinajstić information content (AvgIpc) is 1.59. The van der Waals surface area contributed by atoms with Crippen molar-refractivity contribution in [2.45, 2.75) is 79.6 Å². The van der Waals surface area contributed by atoms with Crippen LogP contribution in [0.2, 0.25) is 0 Å². The number of nitrogens with two attached hydrogens (primary N) is 1. The summed E-state index contributed by atoms with van der Waals surface area (Å²) in [5.74, 6) is -11.1. The minimum Gasteiger partial charge on any atom is -0.481 e. The van der Waals surface area contributed by atoms with Gasteiger partial charge in [-0.25, -0.2) is 35.5 Å². The van der Waals surface area contributed by atoms with Gasteiger partial charge < -0.3 is 46.7 Å². The smallest absolute Gasteiger partial charge is 0.372 e. The molecule has 0 bridgehead atoms. The van der Waals surface area contributed by atoms with Crippen molar-refractivity contribution < 1.29 is 104 Å². The van der Waals surface area contributed by atoms with Crippen LogP contribution in [0.15, 0.2) is 164 Å². The number of ketones is 1. The standard InChI is InChI=1S/C30H31F3N4O2.C14H8F3NO.C9H6INO5.C8H5FINO.C8H6INO4.C8H6INO2.C7H6INO2.C7H8N2O2/c1-4-36(5-2)14-15-37-13-7-10-22-25(30(37)39)17(3)24(34-22)16-19-27-23(35-29(19)38)12-11-20(31)26(27)18-8-6-9-21(32)28(18)33;15-9-4-5-11-8(6-12(19)18-11)13(9)7-2-1-3-10(16)14(7)17;10-6-2-1-3-7(11(15)16)5(6)4-8(12)9(13)14;9-5-1-2-6-4(8(5)10)3-7(12)11-6;9-6-2-1-3-7(10(13)14)5(6)4-8(11)12;9-6-2-1-3-7-5(6)4-8(11)10(7)12;2*1-5-6(8)3-2-4-7(5)9(10)11/h6,8-9,11-12,16,34H,4-5,7,10,13-15H2,1-3H3,(H,35,38);1-5H,6H2,(H,18,19);1-3H,4H2,(H,13,14);1-2H,3H2,(H,11,12);1-3H,4H2,(H,11,12);1-3,12H,4H2;2-4H,1H3;2-4H,8H2,1H3/b19-16-;;;;;;;. The van der Waals surface area contributed by atoms with Crippen LogP contribution in [0.3, 0.4) is 0 Å². The summed E-state index contributed by atoms with van der Waals surface area (Å²) < 4.78 is 101. The van der Waals surface area contributed by atoms with Gasteiger partial charge >= 0.3 is 11.9 Å². The fraction of sp³-hybridized carbons (Fsp3) is 0.187. The molecule has 0 radical (unpaired) electrons. The lowest BCUT2D eigenvalue weighted by atomic mass is 9.93. The number of likely N-dealkylation sites (N-methyl/N-ethyl adjacent to an activating group) is 1. The second-order valence-corrected chi connectivity index (χ2v) is 35.0. The monoisotopic (exact) mass is 2410 g/mol. The van der Waals surface area contributed by atoms with Gasteiger partial charge in [-0.2, -0.15) is 5.06 Å². The Bertz CT molecular complexity index is 6500. The van der Waals surface area contributed by atoms with Crippen molar-refractivity contribution in [2.24, 2.45) is 0 Å². The molecule has 31 nitrogen and oxygen atoms in total. The number of aromatic amines is 1. The van der Waals surface area contributed by atoms with Gasteiger partial charge in [0.2, 0.25) is 17.6 Å². The van der Waals surface area contributed by atoms with E-state index in [4.69, 9.17) is 15.9 Å². The molecule has 5 aliphatic rings. The van der Waals surface area contributed by atoms with Gasteiger partial charge in [-0.15, -0.1) is 0 Å². The van der Waals surface area contributed by atoms with E-state index in [1.807, 2.05) is 97.8 Å².